The van der Waals surface area contributed by atoms with Crippen LogP contribution in [0, 0.1) is 0 Å². The molecule has 4 nitrogen and oxygen atoms in total. The SMILES string of the molecule is CC(C)OC(=O)C(F)(F)F.O=C(OCC(F)(F)F)C(F)(F)F. The van der Waals surface area contributed by atoms with Crippen molar-refractivity contribution in [1.29, 1.82) is 0 Å². The third-order valence-corrected chi connectivity index (χ3v) is 1.17. The average Bonchev–Trinajstić information content (AvgIpc) is 2.22. The Morgan fingerprint density at radius 3 is 1.36 bits per heavy atom. The van der Waals surface area contributed by atoms with Crippen LogP contribution in [0.4, 0.5) is 39.5 Å². The van der Waals surface area contributed by atoms with Gasteiger partial charge in [-0.2, -0.15) is 39.5 Å². The Balaban J connectivity index is 0. The van der Waals surface area contributed by atoms with E-state index in [1.54, 1.807) is 0 Å². The van der Waals surface area contributed by atoms with E-state index in [4.69, 9.17) is 0 Å². The summed E-state index contributed by atoms with van der Waals surface area (Å²) < 4.78 is 108. The van der Waals surface area contributed by atoms with Crippen LogP contribution in [0.25, 0.3) is 0 Å². The molecule has 22 heavy (non-hydrogen) atoms. The van der Waals surface area contributed by atoms with Crippen LogP contribution in [0.5, 0.6) is 0 Å². The molecule has 0 N–H and O–H groups in total. The maximum Gasteiger partial charge on any atom is 0.490 e. The van der Waals surface area contributed by atoms with Gasteiger partial charge in [0.15, 0.2) is 6.61 Å². The molecule has 0 aromatic carbocycles. The summed E-state index contributed by atoms with van der Waals surface area (Å²) >= 11 is 0. The molecule has 0 rings (SSSR count). The quantitative estimate of drug-likeness (QED) is 0.566. The summed E-state index contributed by atoms with van der Waals surface area (Å²) in [6.45, 7) is 0.471. The van der Waals surface area contributed by atoms with Crippen LogP contribution in [0.2, 0.25) is 0 Å². The molecule has 0 unspecified atom stereocenters. The monoisotopic (exact) mass is 352 g/mol. The van der Waals surface area contributed by atoms with Crippen LogP contribution in [0.3, 0.4) is 0 Å². The second-order valence-electron chi connectivity index (χ2n) is 3.64. The van der Waals surface area contributed by atoms with Gasteiger partial charge in [0.05, 0.1) is 6.10 Å². The maximum atomic E-state index is 11.3. The van der Waals surface area contributed by atoms with Gasteiger partial charge in [-0.3, -0.25) is 0 Å². The number of halogens is 9. The van der Waals surface area contributed by atoms with Gasteiger partial charge in [0.1, 0.15) is 0 Å². The molecular formula is C9H9F9O4. The van der Waals surface area contributed by atoms with Crippen molar-refractivity contribution in [2.24, 2.45) is 0 Å². The second kappa shape index (κ2) is 8.08. The predicted molar refractivity (Wildman–Crippen MR) is 50.4 cm³/mol. The summed E-state index contributed by atoms with van der Waals surface area (Å²) in [7, 11) is 0. The molecule has 0 aliphatic rings. The van der Waals surface area contributed by atoms with Gasteiger partial charge >= 0.3 is 30.5 Å². The van der Waals surface area contributed by atoms with E-state index < -0.39 is 43.2 Å². The van der Waals surface area contributed by atoms with Crippen molar-refractivity contribution in [3.8, 4) is 0 Å². The number of ether oxygens (including phenoxy) is 2. The van der Waals surface area contributed by atoms with Gasteiger partial charge in [0, 0.05) is 0 Å². The first-order valence-electron chi connectivity index (χ1n) is 5.05. The zero-order chi connectivity index (χ0) is 18.4. The lowest BCUT2D eigenvalue weighted by Crippen LogP contribution is -2.29. The number of esters is 2. The number of alkyl halides is 9. The zero-order valence-corrected chi connectivity index (χ0v) is 10.8. The number of carbonyl (C=O) groups excluding carboxylic acids is 2. The van der Waals surface area contributed by atoms with E-state index in [-0.39, 0.29) is 0 Å². The predicted octanol–water partition coefficient (Wildman–Crippen LogP) is 3.15. The van der Waals surface area contributed by atoms with Gasteiger partial charge in [-0.25, -0.2) is 9.59 Å². The Labute approximate surface area is 117 Å². The fourth-order valence-electron chi connectivity index (χ4n) is 0.510. The first-order valence-corrected chi connectivity index (χ1v) is 5.05. The van der Waals surface area contributed by atoms with Crippen molar-refractivity contribution in [1.82, 2.24) is 0 Å². The van der Waals surface area contributed by atoms with Crippen LogP contribution in [-0.2, 0) is 19.1 Å². The zero-order valence-electron chi connectivity index (χ0n) is 10.8. The summed E-state index contributed by atoms with van der Waals surface area (Å²) in [5.74, 6) is -4.98. The fraction of sp³-hybridized carbons (Fsp3) is 0.778. The van der Waals surface area contributed by atoms with E-state index >= 15 is 0 Å². The Kier molecular flexibility index (Phi) is 8.29. The van der Waals surface area contributed by atoms with E-state index in [9.17, 15) is 49.1 Å². The van der Waals surface area contributed by atoms with Crippen LogP contribution < -0.4 is 0 Å². The number of hydrogen-bond donors (Lipinski definition) is 0. The van der Waals surface area contributed by atoms with Crippen molar-refractivity contribution in [3.05, 3.63) is 0 Å². The Morgan fingerprint density at radius 1 is 0.818 bits per heavy atom. The lowest BCUT2D eigenvalue weighted by Gasteiger charge is -2.08. The Hall–Kier alpha value is -1.69. The van der Waals surface area contributed by atoms with Gasteiger partial charge in [-0.05, 0) is 13.8 Å². The Morgan fingerprint density at radius 2 is 1.18 bits per heavy atom. The van der Waals surface area contributed by atoms with Gasteiger partial charge in [0.25, 0.3) is 0 Å². The number of carbonyl (C=O) groups is 2. The van der Waals surface area contributed by atoms with Gasteiger partial charge in [-0.1, -0.05) is 0 Å². The second-order valence-corrected chi connectivity index (χ2v) is 3.64. The molecular weight excluding hydrogens is 343 g/mol. The minimum absolute atomic E-state index is 0.728. The van der Waals surface area contributed by atoms with Gasteiger partial charge in [0.2, 0.25) is 0 Å². The van der Waals surface area contributed by atoms with Crippen molar-refractivity contribution < 1.29 is 58.6 Å². The molecule has 0 aliphatic heterocycles. The summed E-state index contributed by atoms with van der Waals surface area (Å²) in [5.41, 5.74) is 0. The first kappa shape index (κ1) is 22.6. The third kappa shape index (κ3) is 13.3. The molecule has 132 valence electrons. The van der Waals surface area contributed by atoms with E-state index in [0.29, 0.717) is 0 Å². The van der Waals surface area contributed by atoms with Crippen LogP contribution >= 0.6 is 0 Å². The summed E-state index contributed by atoms with van der Waals surface area (Å²) in [6.07, 6.45) is -15.9. The lowest BCUT2D eigenvalue weighted by atomic mass is 10.5. The summed E-state index contributed by atoms with van der Waals surface area (Å²) in [6, 6.07) is 0. The molecule has 0 spiro atoms. The maximum absolute atomic E-state index is 11.3. The minimum atomic E-state index is -5.38. The normalized spacial score (nSPS) is 12.4. The van der Waals surface area contributed by atoms with Crippen molar-refractivity contribution in [2.45, 2.75) is 38.5 Å². The first-order chi connectivity index (χ1) is 9.47. The van der Waals surface area contributed by atoms with Crippen molar-refractivity contribution in [2.75, 3.05) is 6.61 Å². The lowest BCUT2D eigenvalue weighted by molar-refractivity contribution is -0.221. The fourth-order valence-corrected chi connectivity index (χ4v) is 0.510. The number of rotatable bonds is 2. The van der Waals surface area contributed by atoms with E-state index in [1.165, 1.54) is 13.8 Å². The third-order valence-electron chi connectivity index (χ3n) is 1.17. The van der Waals surface area contributed by atoms with Crippen molar-refractivity contribution >= 4 is 11.9 Å². The van der Waals surface area contributed by atoms with Gasteiger partial charge in [-0.15, -0.1) is 0 Å². The number of hydrogen-bond acceptors (Lipinski definition) is 4. The van der Waals surface area contributed by atoms with E-state index in [0.717, 1.165) is 0 Å². The van der Waals surface area contributed by atoms with E-state index in [2.05, 4.69) is 9.47 Å². The average molecular weight is 352 g/mol. The van der Waals surface area contributed by atoms with Crippen LogP contribution in [0.15, 0.2) is 0 Å². The summed E-state index contributed by atoms with van der Waals surface area (Å²) in [4.78, 5) is 19.6. The molecule has 0 fully saturated rings. The molecule has 13 heteroatoms. The highest BCUT2D eigenvalue weighted by Gasteiger charge is 2.43. The highest BCUT2D eigenvalue weighted by molar-refractivity contribution is 5.76. The Bertz CT molecular complexity index is 367. The van der Waals surface area contributed by atoms with E-state index in [1.807, 2.05) is 0 Å². The minimum Gasteiger partial charge on any atom is -0.456 e. The molecule has 0 bridgehead atoms. The molecule has 0 amide bonds. The largest absolute Gasteiger partial charge is 0.490 e. The van der Waals surface area contributed by atoms with Crippen LogP contribution in [0.1, 0.15) is 13.8 Å². The smallest absolute Gasteiger partial charge is 0.456 e. The van der Waals surface area contributed by atoms with Crippen LogP contribution in [-0.4, -0.2) is 43.2 Å². The molecule has 0 aromatic heterocycles. The molecule has 0 saturated carbocycles. The molecule has 0 aromatic rings. The molecule has 0 heterocycles. The molecule has 0 saturated heterocycles. The highest BCUT2D eigenvalue weighted by atomic mass is 19.4. The van der Waals surface area contributed by atoms with Gasteiger partial charge < -0.3 is 9.47 Å². The molecule has 0 atom stereocenters. The standard InChI is InChI=1S/C5H7F3O2.C4H2F6O2/c1-3(2)10-4(9)5(6,7)8;5-3(6,7)1-12-2(11)4(8,9)10/h3H,1-2H3;1H2. The van der Waals surface area contributed by atoms with Crippen molar-refractivity contribution in [3.63, 3.8) is 0 Å². The summed E-state index contributed by atoms with van der Waals surface area (Å²) in [5, 5.41) is 0. The molecule has 0 aliphatic carbocycles. The topological polar surface area (TPSA) is 52.6 Å². The highest BCUT2D eigenvalue weighted by Crippen LogP contribution is 2.20. The molecule has 0 radical (unpaired) electrons.